The van der Waals surface area contributed by atoms with Crippen molar-refractivity contribution in [2.75, 3.05) is 5.32 Å². The second kappa shape index (κ2) is 4.45. The molecule has 5 nitrogen and oxygen atoms in total. The van der Waals surface area contributed by atoms with Crippen molar-refractivity contribution >= 4 is 5.69 Å². The molecule has 0 amide bonds. The molecule has 2 rings (SSSR count). The number of hydrogen-bond donors (Lipinski definition) is 1. The Balaban J connectivity index is 2.08. The van der Waals surface area contributed by atoms with E-state index in [1.807, 2.05) is 13.0 Å². The molecule has 0 atom stereocenters. The summed E-state index contributed by atoms with van der Waals surface area (Å²) in [6, 6.07) is 5.57. The maximum absolute atomic E-state index is 8.83. The summed E-state index contributed by atoms with van der Waals surface area (Å²) in [5, 5.41) is 11.9. The zero-order valence-electron chi connectivity index (χ0n) is 8.77. The van der Waals surface area contributed by atoms with Crippen molar-refractivity contribution in [2.45, 2.75) is 13.5 Å². The predicted molar refractivity (Wildman–Crippen MR) is 57.5 cm³/mol. The van der Waals surface area contributed by atoms with Crippen molar-refractivity contribution in [2.24, 2.45) is 0 Å². The fourth-order valence-electron chi connectivity index (χ4n) is 1.29. The van der Waals surface area contributed by atoms with E-state index < -0.39 is 0 Å². The summed E-state index contributed by atoms with van der Waals surface area (Å²) in [5.41, 5.74) is 1.05. The van der Waals surface area contributed by atoms with E-state index in [4.69, 9.17) is 9.68 Å². The third-order valence-corrected chi connectivity index (χ3v) is 2.01. The maximum atomic E-state index is 8.83. The summed E-state index contributed by atoms with van der Waals surface area (Å²) in [7, 11) is 0. The van der Waals surface area contributed by atoms with Gasteiger partial charge in [-0.15, -0.1) is 0 Å². The molecule has 16 heavy (non-hydrogen) atoms. The average molecular weight is 214 g/mol. The Morgan fingerprint density at radius 2 is 2.38 bits per heavy atom. The summed E-state index contributed by atoms with van der Waals surface area (Å²) in [4.78, 5) is 7.99. The van der Waals surface area contributed by atoms with Gasteiger partial charge in [-0.3, -0.25) is 0 Å². The summed E-state index contributed by atoms with van der Waals surface area (Å²) in [5.74, 6) is 1.36. The van der Waals surface area contributed by atoms with Crippen molar-refractivity contribution in [3.05, 3.63) is 41.9 Å². The van der Waals surface area contributed by atoms with Crippen LogP contribution in [0.25, 0.3) is 0 Å². The lowest BCUT2D eigenvalue weighted by atomic mass is 10.3. The number of pyridine rings is 1. The van der Waals surface area contributed by atoms with Crippen LogP contribution in [-0.2, 0) is 6.54 Å². The van der Waals surface area contributed by atoms with Gasteiger partial charge in [0.05, 0.1) is 18.4 Å². The van der Waals surface area contributed by atoms with Crippen LogP contribution in [0.3, 0.4) is 0 Å². The van der Waals surface area contributed by atoms with E-state index >= 15 is 0 Å². The fraction of sp³-hybridized carbons (Fsp3) is 0.182. The van der Waals surface area contributed by atoms with E-state index in [1.165, 1.54) is 0 Å². The molecular formula is C11H10N4O. The first kappa shape index (κ1) is 10.2. The van der Waals surface area contributed by atoms with Gasteiger partial charge in [0.2, 0.25) is 5.89 Å². The quantitative estimate of drug-likeness (QED) is 0.844. The van der Waals surface area contributed by atoms with E-state index in [-0.39, 0.29) is 0 Å². The van der Waals surface area contributed by atoms with E-state index in [9.17, 15) is 0 Å². The number of aryl methyl sites for hydroxylation is 1. The summed E-state index contributed by atoms with van der Waals surface area (Å²) in [6.07, 6.45) is 3.24. The van der Waals surface area contributed by atoms with Gasteiger partial charge in [0, 0.05) is 6.20 Å². The molecule has 0 unspecified atom stereocenters. The van der Waals surface area contributed by atoms with E-state index in [1.54, 1.807) is 24.5 Å². The molecule has 0 radical (unpaired) electrons. The second-order valence-corrected chi connectivity index (χ2v) is 3.23. The van der Waals surface area contributed by atoms with Gasteiger partial charge in [-0.25, -0.2) is 9.97 Å². The van der Waals surface area contributed by atoms with Crippen molar-refractivity contribution in [1.29, 1.82) is 5.26 Å². The normalized spacial score (nSPS) is 9.75. The van der Waals surface area contributed by atoms with Gasteiger partial charge in [0.15, 0.2) is 5.69 Å². The lowest BCUT2D eigenvalue weighted by Gasteiger charge is -2.04. The number of rotatable bonds is 3. The van der Waals surface area contributed by atoms with Gasteiger partial charge in [0.25, 0.3) is 0 Å². The molecule has 5 heteroatoms. The van der Waals surface area contributed by atoms with Crippen molar-refractivity contribution < 1.29 is 4.42 Å². The Labute approximate surface area is 92.8 Å². The maximum Gasteiger partial charge on any atom is 0.213 e. The van der Waals surface area contributed by atoms with Crippen LogP contribution in [-0.4, -0.2) is 9.97 Å². The topological polar surface area (TPSA) is 74.7 Å². The molecule has 2 aromatic heterocycles. The smallest absolute Gasteiger partial charge is 0.213 e. The van der Waals surface area contributed by atoms with E-state index in [2.05, 4.69) is 15.3 Å². The Bertz CT molecular complexity index is 527. The Morgan fingerprint density at radius 3 is 3.06 bits per heavy atom. The number of nitrogens with one attached hydrogen (secondary N) is 1. The predicted octanol–water partition coefficient (Wildman–Crippen LogP) is 1.86. The molecule has 2 heterocycles. The Morgan fingerprint density at radius 1 is 1.50 bits per heavy atom. The highest BCUT2D eigenvalue weighted by Gasteiger charge is 2.04. The number of nitriles is 1. The number of nitrogens with zero attached hydrogens (tertiary/aromatic N) is 3. The van der Waals surface area contributed by atoms with E-state index in [0.29, 0.717) is 23.8 Å². The van der Waals surface area contributed by atoms with Crippen LogP contribution in [0.4, 0.5) is 5.69 Å². The molecule has 0 aliphatic carbocycles. The van der Waals surface area contributed by atoms with Gasteiger partial charge in [-0.1, -0.05) is 0 Å². The van der Waals surface area contributed by atoms with Crippen molar-refractivity contribution in [3.8, 4) is 6.07 Å². The second-order valence-electron chi connectivity index (χ2n) is 3.23. The molecule has 0 aromatic carbocycles. The first-order chi connectivity index (χ1) is 7.79. The Hall–Kier alpha value is -2.35. The molecule has 2 aromatic rings. The van der Waals surface area contributed by atoms with Gasteiger partial charge in [-0.05, 0) is 19.1 Å². The minimum Gasteiger partial charge on any atom is -0.444 e. The minimum atomic E-state index is 0.366. The van der Waals surface area contributed by atoms with Crippen LogP contribution >= 0.6 is 0 Å². The van der Waals surface area contributed by atoms with Crippen LogP contribution in [0.2, 0.25) is 0 Å². The zero-order chi connectivity index (χ0) is 11.4. The number of hydrogen-bond acceptors (Lipinski definition) is 5. The van der Waals surface area contributed by atoms with Crippen LogP contribution in [0, 0.1) is 18.3 Å². The first-order valence-corrected chi connectivity index (χ1v) is 4.80. The largest absolute Gasteiger partial charge is 0.444 e. The van der Waals surface area contributed by atoms with Gasteiger partial charge in [0.1, 0.15) is 11.8 Å². The third-order valence-electron chi connectivity index (χ3n) is 2.01. The average Bonchev–Trinajstić information content (AvgIpc) is 2.73. The molecule has 0 fully saturated rings. The number of aromatic nitrogens is 2. The molecule has 0 bridgehead atoms. The standard InChI is InChI=1S/C11H10N4O/c1-8-6-15-11(16-8)7-14-9-3-2-4-13-10(9)5-12/h2-4,6,14H,7H2,1H3. The lowest BCUT2D eigenvalue weighted by molar-refractivity contribution is 0.479. The number of anilines is 1. The molecule has 0 saturated heterocycles. The lowest BCUT2D eigenvalue weighted by Crippen LogP contribution is -2.02. The van der Waals surface area contributed by atoms with Crippen LogP contribution in [0.1, 0.15) is 17.3 Å². The van der Waals surface area contributed by atoms with Crippen LogP contribution < -0.4 is 5.32 Å². The van der Waals surface area contributed by atoms with E-state index in [0.717, 1.165) is 5.76 Å². The number of oxazole rings is 1. The molecule has 0 aliphatic heterocycles. The summed E-state index contributed by atoms with van der Waals surface area (Å²) in [6.45, 7) is 2.27. The minimum absolute atomic E-state index is 0.366. The highest BCUT2D eigenvalue weighted by Crippen LogP contribution is 2.12. The van der Waals surface area contributed by atoms with Crippen molar-refractivity contribution in [1.82, 2.24) is 9.97 Å². The fourth-order valence-corrected chi connectivity index (χ4v) is 1.29. The highest BCUT2D eigenvalue weighted by atomic mass is 16.4. The SMILES string of the molecule is Cc1cnc(CNc2cccnc2C#N)o1. The zero-order valence-corrected chi connectivity index (χ0v) is 8.77. The molecule has 0 saturated carbocycles. The van der Waals surface area contributed by atoms with Gasteiger partial charge in [-0.2, -0.15) is 5.26 Å². The molecule has 0 spiro atoms. The monoisotopic (exact) mass is 214 g/mol. The van der Waals surface area contributed by atoms with Gasteiger partial charge >= 0.3 is 0 Å². The van der Waals surface area contributed by atoms with Crippen LogP contribution in [0.5, 0.6) is 0 Å². The molecular weight excluding hydrogens is 204 g/mol. The first-order valence-electron chi connectivity index (χ1n) is 4.80. The molecule has 80 valence electrons. The molecule has 1 N–H and O–H groups in total. The summed E-state index contributed by atoms with van der Waals surface area (Å²) >= 11 is 0. The summed E-state index contributed by atoms with van der Waals surface area (Å²) < 4.78 is 5.30. The highest BCUT2D eigenvalue weighted by molar-refractivity contribution is 5.53. The van der Waals surface area contributed by atoms with Gasteiger partial charge < -0.3 is 9.73 Å². The third kappa shape index (κ3) is 2.17. The van der Waals surface area contributed by atoms with Crippen molar-refractivity contribution in [3.63, 3.8) is 0 Å². The molecule has 0 aliphatic rings. The van der Waals surface area contributed by atoms with Crippen LogP contribution in [0.15, 0.2) is 28.9 Å². The Kier molecular flexibility index (Phi) is 2.83.